The molecule has 0 saturated carbocycles. The summed E-state index contributed by atoms with van der Waals surface area (Å²) < 4.78 is 5.75. The Balaban J connectivity index is 2.06. The van der Waals surface area contributed by atoms with Gasteiger partial charge < -0.3 is 15.8 Å². The summed E-state index contributed by atoms with van der Waals surface area (Å²) in [6, 6.07) is 0.264. The van der Waals surface area contributed by atoms with Crippen LogP contribution in [0.25, 0.3) is 0 Å². The molecule has 2 rings (SSSR count). The molecule has 0 unspecified atom stereocenters. The average Bonchev–Trinajstić information content (AvgIpc) is 2.47. The van der Waals surface area contributed by atoms with E-state index in [0.29, 0.717) is 11.5 Å². The normalized spacial score (nSPS) is 38.3. The van der Waals surface area contributed by atoms with Crippen molar-refractivity contribution in [3.8, 4) is 0 Å². The van der Waals surface area contributed by atoms with Gasteiger partial charge in [-0.2, -0.15) is 0 Å². The van der Waals surface area contributed by atoms with E-state index in [4.69, 9.17) is 10.5 Å². The maximum atomic E-state index is 6.25. The van der Waals surface area contributed by atoms with E-state index in [2.05, 4.69) is 12.2 Å². The van der Waals surface area contributed by atoms with Crippen molar-refractivity contribution < 1.29 is 4.74 Å². The van der Waals surface area contributed by atoms with Gasteiger partial charge in [-0.15, -0.1) is 0 Å². The van der Waals surface area contributed by atoms with Gasteiger partial charge in [0.05, 0.1) is 12.7 Å². The van der Waals surface area contributed by atoms with E-state index in [1.165, 1.54) is 12.8 Å². The van der Waals surface area contributed by atoms with E-state index in [0.717, 1.165) is 26.1 Å². The molecule has 0 bridgehead atoms. The van der Waals surface area contributed by atoms with Gasteiger partial charge in [-0.25, -0.2) is 0 Å². The highest BCUT2D eigenvalue weighted by Crippen LogP contribution is 2.40. The van der Waals surface area contributed by atoms with E-state index in [1.54, 1.807) is 0 Å². The summed E-state index contributed by atoms with van der Waals surface area (Å²) >= 11 is 0. The number of piperidine rings is 1. The number of nitrogens with one attached hydrogen (secondary N) is 1. The standard InChI is InChI=1S/C10H20N2O/c1-2-8-9(11)10(7-13-8)3-5-12-6-4-10/h8-9,12H,2-7,11H2,1H3/t8-,9+/m0/s1. The Bertz CT molecular complexity index is 178. The molecular weight excluding hydrogens is 164 g/mol. The molecule has 0 aromatic heterocycles. The Morgan fingerprint density at radius 2 is 2.15 bits per heavy atom. The summed E-state index contributed by atoms with van der Waals surface area (Å²) in [5, 5.41) is 3.38. The molecule has 3 nitrogen and oxygen atoms in total. The molecule has 3 heteroatoms. The molecule has 2 saturated heterocycles. The molecule has 2 aliphatic heterocycles. The highest BCUT2D eigenvalue weighted by atomic mass is 16.5. The maximum Gasteiger partial charge on any atom is 0.0729 e. The van der Waals surface area contributed by atoms with Gasteiger partial charge in [0, 0.05) is 11.5 Å². The predicted octanol–water partition coefficient (Wildman–Crippen LogP) is 0.492. The highest BCUT2D eigenvalue weighted by Gasteiger charge is 2.47. The minimum Gasteiger partial charge on any atom is -0.376 e. The molecule has 2 atom stereocenters. The van der Waals surface area contributed by atoms with Crippen molar-refractivity contribution in [3.05, 3.63) is 0 Å². The molecule has 0 amide bonds. The number of ether oxygens (including phenoxy) is 1. The Morgan fingerprint density at radius 1 is 1.46 bits per heavy atom. The fraction of sp³-hybridized carbons (Fsp3) is 1.00. The summed E-state index contributed by atoms with van der Waals surface area (Å²) in [7, 11) is 0. The van der Waals surface area contributed by atoms with Crippen LogP contribution in [0.2, 0.25) is 0 Å². The quantitative estimate of drug-likeness (QED) is 0.623. The van der Waals surface area contributed by atoms with Gasteiger partial charge in [0.2, 0.25) is 0 Å². The summed E-state index contributed by atoms with van der Waals surface area (Å²) in [5.41, 5.74) is 6.54. The SMILES string of the molecule is CC[C@@H]1OCC2(CCNCC2)[C@@H]1N. The van der Waals surface area contributed by atoms with Crippen LogP contribution in [0.5, 0.6) is 0 Å². The minimum absolute atomic E-state index is 0.264. The minimum atomic E-state index is 0.264. The molecule has 2 fully saturated rings. The van der Waals surface area contributed by atoms with Crippen LogP contribution in [0.3, 0.4) is 0 Å². The molecule has 13 heavy (non-hydrogen) atoms. The lowest BCUT2D eigenvalue weighted by atomic mass is 9.73. The molecule has 0 aromatic rings. The first-order chi connectivity index (χ1) is 6.28. The fourth-order valence-electron chi connectivity index (χ4n) is 2.64. The first kappa shape index (κ1) is 9.44. The Labute approximate surface area is 80.0 Å². The summed E-state index contributed by atoms with van der Waals surface area (Å²) in [5.74, 6) is 0. The number of hydrogen-bond acceptors (Lipinski definition) is 3. The monoisotopic (exact) mass is 184 g/mol. The van der Waals surface area contributed by atoms with Crippen molar-refractivity contribution in [1.29, 1.82) is 0 Å². The molecule has 0 aromatic carbocycles. The van der Waals surface area contributed by atoms with Gasteiger partial charge in [0.25, 0.3) is 0 Å². The van der Waals surface area contributed by atoms with Crippen LogP contribution in [-0.2, 0) is 4.74 Å². The third-order valence-electron chi connectivity index (χ3n) is 3.69. The summed E-state index contributed by atoms with van der Waals surface area (Å²) in [6.07, 6.45) is 3.73. The molecule has 2 heterocycles. The van der Waals surface area contributed by atoms with Gasteiger partial charge in [-0.3, -0.25) is 0 Å². The largest absolute Gasteiger partial charge is 0.376 e. The third-order valence-corrected chi connectivity index (χ3v) is 3.69. The van der Waals surface area contributed by atoms with Crippen LogP contribution in [0.1, 0.15) is 26.2 Å². The van der Waals surface area contributed by atoms with E-state index in [-0.39, 0.29) is 6.04 Å². The molecule has 0 aliphatic carbocycles. The summed E-state index contributed by atoms with van der Waals surface area (Å²) in [4.78, 5) is 0. The maximum absolute atomic E-state index is 6.25. The topological polar surface area (TPSA) is 47.3 Å². The van der Waals surface area contributed by atoms with Crippen molar-refractivity contribution in [3.63, 3.8) is 0 Å². The van der Waals surface area contributed by atoms with E-state index >= 15 is 0 Å². The number of nitrogens with two attached hydrogens (primary N) is 1. The highest BCUT2D eigenvalue weighted by molar-refractivity contribution is 5.00. The van der Waals surface area contributed by atoms with Crippen molar-refractivity contribution in [2.45, 2.75) is 38.3 Å². The van der Waals surface area contributed by atoms with Gasteiger partial charge >= 0.3 is 0 Å². The van der Waals surface area contributed by atoms with E-state index in [9.17, 15) is 0 Å². The second-order valence-electron chi connectivity index (χ2n) is 4.40. The first-order valence-corrected chi connectivity index (χ1v) is 5.36. The summed E-state index contributed by atoms with van der Waals surface area (Å²) in [6.45, 7) is 5.25. The first-order valence-electron chi connectivity index (χ1n) is 5.36. The van der Waals surface area contributed by atoms with Crippen molar-refractivity contribution >= 4 is 0 Å². The molecule has 2 aliphatic rings. The second-order valence-corrected chi connectivity index (χ2v) is 4.40. The van der Waals surface area contributed by atoms with Gasteiger partial charge in [0.1, 0.15) is 0 Å². The number of hydrogen-bond donors (Lipinski definition) is 2. The van der Waals surface area contributed by atoms with E-state index in [1.807, 2.05) is 0 Å². The van der Waals surface area contributed by atoms with Crippen LogP contribution in [0.4, 0.5) is 0 Å². The molecule has 76 valence electrons. The van der Waals surface area contributed by atoms with E-state index < -0.39 is 0 Å². The smallest absolute Gasteiger partial charge is 0.0729 e. The Morgan fingerprint density at radius 3 is 2.69 bits per heavy atom. The molecule has 1 spiro atoms. The third kappa shape index (κ3) is 1.49. The number of rotatable bonds is 1. The lowest BCUT2D eigenvalue weighted by Crippen LogP contribution is -2.49. The molecule has 0 radical (unpaired) electrons. The predicted molar refractivity (Wildman–Crippen MR) is 52.5 cm³/mol. The average molecular weight is 184 g/mol. The lowest BCUT2D eigenvalue weighted by Gasteiger charge is -2.36. The van der Waals surface area contributed by atoms with Gasteiger partial charge in [0.15, 0.2) is 0 Å². The second kappa shape index (κ2) is 3.56. The van der Waals surface area contributed by atoms with Crippen molar-refractivity contribution in [2.24, 2.45) is 11.1 Å². The zero-order chi connectivity index (χ0) is 9.31. The molecule has 3 N–H and O–H groups in total. The lowest BCUT2D eigenvalue weighted by molar-refractivity contribution is 0.0843. The van der Waals surface area contributed by atoms with Crippen LogP contribution in [-0.4, -0.2) is 31.8 Å². The van der Waals surface area contributed by atoms with Crippen LogP contribution in [0.15, 0.2) is 0 Å². The van der Waals surface area contributed by atoms with Crippen LogP contribution >= 0.6 is 0 Å². The zero-order valence-electron chi connectivity index (χ0n) is 8.38. The zero-order valence-corrected chi connectivity index (χ0v) is 8.38. The Kier molecular flexibility index (Phi) is 2.58. The van der Waals surface area contributed by atoms with Gasteiger partial charge in [-0.1, -0.05) is 6.92 Å². The Hall–Kier alpha value is -0.120. The van der Waals surface area contributed by atoms with Crippen molar-refractivity contribution in [1.82, 2.24) is 5.32 Å². The van der Waals surface area contributed by atoms with Crippen LogP contribution in [0, 0.1) is 5.41 Å². The molecular formula is C10H20N2O. The van der Waals surface area contributed by atoms with Gasteiger partial charge in [-0.05, 0) is 32.4 Å². The fourth-order valence-corrected chi connectivity index (χ4v) is 2.64. The van der Waals surface area contributed by atoms with Crippen molar-refractivity contribution in [2.75, 3.05) is 19.7 Å². The van der Waals surface area contributed by atoms with Crippen LogP contribution < -0.4 is 11.1 Å².